The summed E-state index contributed by atoms with van der Waals surface area (Å²) in [5, 5.41) is 3.60. The first-order valence-electron chi connectivity index (χ1n) is 10.5. The summed E-state index contributed by atoms with van der Waals surface area (Å²) in [7, 11) is 1.28. The summed E-state index contributed by atoms with van der Waals surface area (Å²) in [6.45, 7) is 0. The van der Waals surface area contributed by atoms with Crippen molar-refractivity contribution in [3.8, 4) is 0 Å². The van der Waals surface area contributed by atoms with E-state index in [0.29, 0.717) is 22.2 Å². The maximum atomic E-state index is 13.0. The number of aromatic nitrogens is 1. The van der Waals surface area contributed by atoms with E-state index in [2.05, 4.69) is 10.3 Å². The third-order valence-corrected chi connectivity index (χ3v) is 5.36. The number of hydrogen-bond donors (Lipinski definition) is 1. The van der Waals surface area contributed by atoms with Crippen molar-refractivity contribution < 1.29 is 19.1 Å². The number of pyridine rings is 1. The first-order valence-corrected chi connectivity index (χ1v) is 10.5. The predicted molar refractivity (Wildman–Crippen MR) is 125 cm³/mol. The van der Waals surface area contributed by atoms with Crippen molar-refractivity contribution in [1.82, 2.24) is 10.3 Å². The lowest BCUT2D eigenvalue weighted by Crippen LogP contribution is -2.43. The monoisotopic (exact) mass is 438 g/mol. The van der Waals surface area contributed by atoms with Gasteiger partial charge in [-0.2, -0.15) is 0 Å². The lowest BCUT2D eigenvalue weighted by atomic mass is 9.99. The summed E-state index contributed by atoms with van der Waals surface area (Å²) in [6.07, 6.45) is 1.84. The molecular weight excluding hydrogens is 416 g/mol. The highest BCUT2D eigenvalue weighted by Gasteiger charge is 2.24. The smallest absolute Gasteiger partial charge is 0.328 e. The first-order chi connectivity index (χ1) is 16.1. The van der Waals surface area contributed by atoms with Gasteiger partial charge in [-0.1, -0.05) is 72.8 Å². The molecule has 33 heavy (non-hydrogen) atoms. The molecule has 0 saturated heterocycles. The van der Waals surface area contributed by atoms with Crippen LogP contribution in [0.5, 0.6) is 0 Å². The fraction of sp³-hybridized carbons (Fsp3) is 0.111. The molecule has 3 aromatic carbocycles. The minimum Gasteiger partial charge on any atom is -0.467 e. The van der Waals surface area contributed by atoms with Crippen LogP contribution in [0, 0.1) is 0 Å². The molecule has 1 aromatic heterocycles. The van der Waals surface area contributed by atoms with Crippen LogP contribution in [-0.4, -0.2) is 35.8 Å². The van der Waals surface area contributed by atoms with Crippen LogP contribution < -0.4 is 5.32 Å². The second-order valence-corrected chi connectivity index (χ2v) is 7.53. The number of esters is 1. The van der Waals surface area contributed by atoms with E-state index < -0.39 is 17.9 Å². The van der Waals surface area contributed by atoms with Crippen LogP contribution in [0.1, 0.15) is 31.8 Å². The molecule has 164 valence electrons. The van der Waals surface area contributed by atoms with E-state index in [-0.39, 0.29) is 12.2 Å². The van der Waals surface area contributed by atoms with Crippen LogP contribution in [0.25, 0.3) is 10.9 Å². The summed E-state index contributed by atoms with van der Waals surface area (Å²) in [5.74, 6) is -1.05. The molecule has 6 nitrogen and oxygen atoms in total. The molecule has 0 spiro atoms. The molecule has 4 rings (SSSR count). The summed E-state index contributed by atoms with van der Waals surface area (Å²) >= 11 is 0. The highest BCUT2D eigenvalue weighted by atomic mass is 16.5. The van der Waals surface area contributed by atoms with E-state index in [1.54, 1.807) is 60.8 Å². The van der Waals surface area contributed by atoms with Gasteiger partial charge in [-0.25, -0.2) is 4.79 Å². The molecular formula is C27H22N2O4. The number of nitrogens with zero attached hydrogens (tertiary/aromatic N) is 1. The lowest BCUT2D eigenvalue weighted by Gasteiger charge is -2.17. The number of methoxy groups -OCH3 is 1. The van der Waals surface area contributed by atoms with Crippen LogP contribution in [0.4, 0.5) is 0 Å². The van der Waals surface area contributed by atoms with Gasteiger partial charge in [0.25, 0.3) is 5.91 Å². The van der Waals surface area contributed by atoms with Crippen LogP contribution >= 0.6 is 0 Å². The molecule has 0 aliphatic heterocycles. The van der Waals surface area contributed by atoms with E-state index in [1.807, 2.05) is 30.3 Å². The number of ether oxygens (including phenoxy) is 1. The molecule has 1 atom stereocenters. The Hall–Kier alpha value is -4.32. The quantitative estimate of drug-likeness (QED) is 0.348. The van der Waals surface area contributed by atoms with Crippen LogP contribution in [0.3, 0.4) is 0 Å². The Balaban J connectivity index is 1.52. The van der Waals surface area contributed by atoms with Gasteiger partial charge in [0.15, 0.2) is 5.78 Å². The van der Waals surface area contributed by atoms with Crippen molar-refractivity contribution in [1.29, 1.82) is 0 Å². The number of hydrogen-bond acceptors (Lipinski definition) is 5. The second-order valence-electron chi connectivity index (χ2n) is 7.53. The van der Waals surface area contributed by atoms with Crippen molar-refractivity contribution in [2.75, 3.05) is 7.11 Å². The van der Waals surface area contributed by atoms with Crippen LogP contribution in [0.15, 0.2) is 91.1 Å². The van der Waals surface area contributed by atoms with E-state index in [1.165, 1.54) is 7.11 Å². The Labute approximate surface area is 191 Å². The summed E-state index contributed by atoms with van der Waals surface area (Å²) in [5.41, 5.74) is 2.88. The zero-order chi connectivity index (χ0) is 23.2. The lowest BCUT2D eigenvalue weighted by molar-refractivity contribution is -0.142. The summed E-state index contributed by atoms with van der Waals surface area (Å²) in [6, 6.07) is 24.1. The minimum atomic E-state index is -0.892. The molecule has 6 heteroatoms. The molecule has 0 aliphatic rings. The topological polar surface area (TPSA) is 85.4 Å². The van der Waals surface area contributed by atoms with Gasteiger partial charge in [0.05, 0.1) is 18.2 Å². The summed E-state index contributed by atoms with van der Waals surface area (Å²) in [4.78, 5) is 42.3. The van der Waals surface area contributed by atoms with Gasteiger partial charge in [0, 0.05) is 29.1 Å². The highest BCUT2D eigenvalue weighted by Crippen LogP contribution is 2.17. The number of ketones is 1. The predicted octanol–water partition coefficient (Wildman–Crippen LogP) is 3.98. The standard InChI is InChI=1S/C27H22N2O4/c1-33-27(32)23(29-26(31)22-11-5-9-19-10-6-16-28-24(19)22)17-18-12-14-21(15-13-18)25(30)20-7-3-2-4-8-20/h2-16,23H,17H2,1H3,(H,29,31)/t23-/m1/s1. The third-order valence-electron chi connectivity index (χ3n) is 5.36. The average molecular weight is 438 g/mol. The molecule has 0 bridgehead atoms. The largest absolute Gasteiger partial charge is 0.467 e. The van der Waals surface area contributed by atoms with E-state index in [4.69, 9.17) is 4.74 Å². The summed E-state index contributed by atoms with van der Waals surface area (Å²) < 4.78 is 4.91. The van der Waals surface area contributed by atoms with Gasteiger partial charge in [-0.3, -0.25) is 14.6 Å². The first kappa shape index (κ1) is 21.9. The number of amides is 1. The van der Waals surface area contributed by atoms with E-state index in [9.17, 15) is 14.4 Å². The fourth-order valence-electron chi connectivity index (χ4n) is 3.64. The Morgan fingerprint density at radius 3 is 2.27 bits per heavy atom. The zero-order valence-corrected chi connectivity index (χ0v) is 18.0. The molecule has 0 fully saturated rings. The van der Waals surface area contributed by atoms with Crippen molar-refractivity contribution in [2.45, 2.75) is 12.5 Å². The van der Waals surface area contributed by atoms with Gasteiger partial charge in [0.2, 0.25) is 0 Å². The Morgan fingerprint density at radius 1 is 0.848 bits per heavy atom. The van der Waals surface area contributed by atoms with Crippen molar-refractivity contribution >= 4 is 28.6 Å². The van der Waals surface area contributed by atoms with Crippen molar-refractivity contribution in [3.05, 3.63) is 113 Å². The molecule has 0 saturated carbocycles. The molecule has 0 unspecified atom stereocenters. The number of para-hydroxylation sites is 1. The van der Waals surface area contributed by atoms with Crippen molar-refractivity contribution in [2.24, 2.45) is 0 Å². The minimum absolute atomic E-state index is 0.0802. The maximum absolute atomic E-state index is 13.0. The molecule has 0 radical (unpaired) electrons. The molecule has 1 heterocycles. The molecule has 4 aromatic rings. The SMILES string of the molecule is COC(=O)[C@@H](Cc1ccc(C(=O)c2ccccc2)cc1)NC(=O)c1cccc2cccnc12. The van der Waals surface area contributed by atoms with E-state index >= 15 is 0 Å². The Bertz CT molecular complexity index is 1300. The molecule has 1 amide bonds. The second kappa shape index (κ2) is 9.87. The highest BCUT2D eigenvalue weighted by molar-refractivity contribution is 6.09. The molecule has 0 aliphatic carbocycles. The van der Waals surface area contributed by atoms with Crippen LogP contribution in [0.2, 0.25) is 0 Å². The number of benzene rings is 3. The fourth-order valence-corrected chi connectivity index (χ4v) is 3.64. The van der Waals surface area contributed by atoms with Gasteiger partial charge in [0.1, 0.15) is 6.04 Å². The van der Waals surface area contributed by atoms with Crippen LogP contribution in [-0.2, 0) is 16.0 Å². The maximum Gasteiger partial charge on any atom is 0.328 e. The third kappa shape index (κ3) is 4.96. The Kier molecular flexibility index (Phi) is 6.55. The number of carbonyl (C=O) groups is 3. The number of nitrogens with one attached hydrogen (secondary N) is 1. The molecule has 1 N–H and O–H groups in total. The number of carbonyl (C=O) groups excluding carboxylic acids is 3. The zero-order valence-electron chi connectivity index (χ0n) is 18.0. The number of fused-ring (bicyclic) bond motifs is 1. The normalized spacial score (nSPS) is 11.5. The van der Waals surface area contributed by atoms with Gasteiger partial charge in [-0.15, -0.1) is 0 Å². The van der Waals surface area contributed by atoms with Gasteiger partial charge < -0.3 is 10.1 Å². The van der Waals surface area contributed by atoms with E-state index in [0.717, 1.165) is 10.9 Å². The van der Waals surface area contributed by atoms with Crippen molar-refractivity contribution in [3.63, 3.8) is 0 Å². The Morgan fingerprint density at radius 2 is 1.55 bits per heavy atom. The average Bonchev–Trinajstić information content (AvgIpc) is 2.88. The van der Waals surface area contributed by atoms with Gasteiger partial charge in [-0.05, 0) is 17.7 Å². The van der Waals surface area contributed by atoms with Gasteiger partial charge >= 0.3 is 5.97 Å². The number of rotatable bonds is 7.